The van der Waals surface area contributed by atoms with E-state index < -0.39 is 11.9 Å². The van der Waals surface area contributed by atoms with Crippen molar-refractivity contribution in [2.24, 2.45) is 4.99 Å². The van der Waals surface area contributed by atoms with Gasteiger partial charge in [-0.1, -0.05) is 11.3 Å². The summed E-state index contributed by atoms with van der Waals surface area (Å²) < 4.78 is 18.5. The van der Waals surface area contributed by atoms with Crippen molar-refractivity contribution in [2.75, 3.05) is 13.4 Å². The van der Waals surface area contributed by atoms with Crippen LogP contribution in [0.3, 0.4) is 0 Å². The summed E-state index contributed by atoms with van der Waals surface area (Å²) in [4.78, 5) is 38.2. The van der Waals surface area contributed by atoms with Crippen molar-refractivity contribution in [3.8, 4) is 11.5 Å². The number of rotatable bonds is 4. The van der Waals surface area contributed by atoms with Crippen LogP contribution in [0.25, 0.3) is 21.3 Å². The SMILES string of the molecule is CCOC(=O)Cn1c(=NC(=O)c2ccc3nccnc3c2)sc2cc3c(cc21)OCO3. The van der Waals surface area contributed by atoms with E-state index in [4.69, 9.17) is 14.2 Å². The Bertz CT molecular complexity index is 1410. The number of hydrogen-bond donors (Lipinski definition) is 0. The average Bonchev–Trinajstić information content (AvgIpc) is 3.36. The smallest absolute Gasteiger partial charge is 0.326 e. The molecule has 0 bridgehead atoms. The van der Waals surface area contributed by atoms with Gasteiger partial charge < -0.3 is 18.8 Å². The number of esters is 1. The molecule has 31 heavy (non-hydrogen) atoms. The molecule has 0 saturated carbocycles. The second kappa shape index (κ2) is 7.80. The number of ether oxygens (including phenoxy) is 3. The van der Waals surface area contributed by atoms with Crippen molar-refractivity contribution in [1.82, 2.24) is 14.5 Å². The van der Waals surface area contributed by atoms with E-state index in [0.717, 1.165) is 4.70 Å². The molecule has 4 aromatic rings. The van der Waals surface area contributed by atoms with Crippen molar-refractivity contribution in [1.29, 1.82) is 0 Å². The zero-order valence-electron chi connectivity index (χ0n) is 16.4. The van der Waals surface area contributed by atoms with Crippen LogP contribution in [-0.4, -0.2) is 39.8 Å². The zero-order valence-corrected chi connectivity index (χ0v) is 17.2. The largest absolute Gasteiger partial charge is 0.465 e. The first-order valence-corrected chi connectivity index (χ1v) is 10.3. The minimum atomic E-state index is -0.447. The maximum Gasteiger partial charge on any atom is 0.326 e. The third kappa shape index (κ3) is 3.61. The van der Waals surface area contributed by atoms with E-state index in [2.05, 4.69) is 15.0 Å². The third-order valence-corrected chi connectivity index (χ3v) is 5.72. The molecular formula is C21H16N4O5S. The number of thiazole rings is 1. The summed E-state index contributed by atoms with van der Waals surface area (Å²) in [5, 5.41) is 0. The van der Waals surface area contributed by atoms with E-state index in [1.807, 2.05) is 6.07 Å². The highest BCUT2D eigenvalue weighted by Crippen LogP contribution is 2.37. The Balaban J connectivity index is 1.62. The Morgan fingerprint density at radius 3 is 2.71 bits per heavy atom. The number of carbonyl (C=O) groups is 2. The van der Waals surface area contributed by atoms with Crippen LogP contribution in [0, 0.1) is 0 Å². The Morgan fingerprint density at radius 2 is 1.90 bits per heavy atom. The van der Waals surface area contributed by atoms with Crippen LogP contribution in [0.15, 0.2) is 47.7 Å². The lowest BCUT2D eigenvalue weighted by molar-refractivity contribution is -0.143. The molecule has 1 aliphatic heterocycles. The molecule has 0 fully saturated rings. The molecule has 9 nitrogen and oxygen atoms in total. The second-order valence-corrected chi connectivity index (χ2v) is 7.63. The number of amides is 1. The highest BCUT2D eigenvalue weighted by Gasteiger charge is 2.19. The van der Waals surface area contributed by atoms with Crippen LogP contribution in [0.5, 0.6) is 11.5 Å². The normalized spacial score (nSPS) is 13.1. The molecule has 1 amide bonds. The van der Waals surface area contributed by atoms with Gasteiger partial charge in [0, 0.05) is 30.1 Å². The lowest BCUT2D eigenvalue weighted by atomic mass is 10.2. The molecular weight excluding hydrogens is 420 g/mol. The summed E-state index contributed by atoms with van der Waals surface area (Å²) in [6, 6.07) is 8.62. The Kier molecular flexibility index (Phi) is 4.83. The van der Waals surface area contributed by atoms with Crippen LogP contribution >= 0.6 is 11.3 Å². The van der Waals surface area contributed by atoms with Gasteiger partial charge in [0.1, 0.15) is 6.54 Å². The van der Waals surface area contributed by atoms with Gasteiger partial charge in [0.2, 0.25) is 6.79 Å². The van der Waals surface area contributed by atoms with Gasteiger partial charge in [0.15, 0.2) is 16.3 Å². The molecule has 0 saturated heterocycles. The summed E-state index contributed by atoms with van der Waals surface area (Å²) in [5.74, 6) is 0.323. The van der Waals surface area contributed by atoms with Crippen LogP contribution in [-0.2, 0) is 16.1 Å². The predicted octanol–water partition coefficient (Wildman–Crippen LogP) is 2.68. The molecule has 5 rings (SSSR count). The minimum absolute atomic E-state index is 0.0806. The molecule has 10 heteroatoms. The lowest BCUT2D eigenvalue weighted by Crippen LogP contribution is -2.23. The van der Waals surface area contributed by atoms with Crippen molar-refractivity contribution < 1.29 is 23.8 Å². The Labute approximate surface area is 179 Å². The summed E-state index contributed by atoms with van der Waals surface area (Å²) in [5.41, 5.74) is 2.37. The fourth-order valence-electron chi connectivity index (χ4n) is 3.28. The van der Waals surface area contributed by atoms with Gasteiger partial charge in [0.25, 0.3) is 5.91 Å². The Morgan fingerprint density at radius 1 is 1.13 bits per heavy atom. The van der Waals surface area contributed by atoms with E-state index in [9.17, 15) is 9.59 Å². The first kappa shape index (κ1) is 19.2. The summed E-state index contributed by atoms with van der Waals surface area (Å²) in [6.07, 6.45) is 3.16. The average molecular weight is 436 g/mol. The molecule has 0 unspecified atom stereocenters. The number of aromatic nitrogens is 3. The predicted molar refractivity (Wildman–Crippen MR) is 112 cm³/mol. The molecule has 0 aliphatic carbocycles. The zero-order chi connectivity index (χ0) is 21.4. The third-order valence-electron chi connectivity index (χ3n) is 4.68. The van der Waals surface area contributed by atoms with Gasteiger partial charge in [-0.05, 0) is 25.1 Å². The molecule has 0 N–H and O–H groups in total. The maximum atomic E-state index is 12.9. The first-order chi connectivity index (χ1) is 15.1. The number of nitrogens with zero attached hydrogens (tertiary/aromatic N) is 4. The fraction of sp³-hybridized carbons (Fsp3) is 0.190. The van der Waals surface area contributed by atoms with E-state index in [1.165, 1.54) is 11.3 Å². The van der Waals surface area contributed by atoms with Crippen molar-refractivity contribution in [2.45, 2.75) is 13.5 Å². The molecule has 2 aromatic carbocycles. The van der Waals surface area contributed by atoms with Gasteiger partial charge in [-0.25, -0.2) is 0 Å². The molecule has 3 heterocycles. The molecule has 1 aliphatic rings. The van der Waals surface area contributed by atoms with Crippen LogP contribution in [0.4, 0.5) is 0 Å². The van der Waals surface area contributed by atoms with Crippen LogP contribution < -0.4 is 14.3 Å². The number of fused-ring (bicyclic) bond motifs is 3. The van der Waals surface area contributed by atoms with Crippen molar-refractivity contribution in [3.05, 3.63) is 53.1 Å². The summed E-state index contributed by atoms with van der Waals surface area (Å²) in [6.45, 7) is 2.06. The maximum absolute atomic E-state index is 12.9. The first-order valence-electron chi connectivity index (χ1n) is 9.51. The van der Waals surface area contributed by atoms with E-state index in [0.29, 0.717) is 38.4 Å². The van der Waals surface area contributed by atoms with Crippen molar-refractivity contribution in [3.63, 3.8) is 0 Å². The number of hydrogen-bond acceptors (Lipinski definition) is 8. The lowest BCUT2D eigenvalue weighted by Gasteiger charge is -2.05. The molecule has 156 valence electrons. The molecule has 2 aromatic heterocycles. The van der Waals surface area contributed by atoms with Crippen LogP contribution in [0.2, 0.25) is 0 Å². The standard InChI is InChI=1S/C21H16N4O5S/c1-2-28-19(26)10-25-15-8-16-17(30-11-29-16)9-18(15)31-21(25)24-20(27)12-3-4-13-14(7-12)23-6-5-22-13/h3-9H,2,10-11H2,1H3. The van der Waals surface area contributed by atoms with E-state index in [-0.39, 0.29) is 19.9 Å². The molecule has 0 radical (unpaired) electrons. The minimum Gasteiger partial charge on any atom is -0.465 e. The number of benzene rings is 2. The number of carbonyl (C=O) groups excluding carboxylic acids is 2. The van der Waals surface area contributed by atoms with Crippen molar-refractivity contribution >= 4 is 44.5 Å². The van der Waals surface area contributed by atoms with Gasteiger partial charge in [-0.3, -0.25) is 19.6 Å². The fourth-order valence-corrected chi connectivity index (χ4v) is 4.32. The molecule has 0 atom stereocenters. The monoisotopic (exact) mass is 436 g/mol. The van der Waals surface area contributed by atoms with E-state index >= 15 is 0 Å². The van der Waals surface area contributed by atoms with Gasteiger partial charge >= 0.3 is 5.97 Å². The highest BCUT2D eigenvalue weighted by atomic mass is 32.1. The van der Waals surface area contributed by atoms with Crippen LogP contribution in [0.1, 0.15) is 17.3 Å². The van der Waals surface area contributed by atoms with Gasteiger partial charge in [-0.15, -0.1) is 0 Å². The quantitative estimate of drug-likeness (QED) is 0.453. The topological polar surface area (TPSA) is 105 Å². The molecule has 0 spiro atoms. The Hall–Kier alpha value is -3.79. The second-order valence-electron chi connectivity index (χ2n) is 6.63. The van der Waals surface area contributed by atoms with Gasteiger partial charge in [-0.2, -0.15) is 4.99 Å². The van der Waals surface area contributed by atoms with Gasteiger partial charge in [0.05, 0.1) is 27.9 Å². The summed E-state index contributed by atoms with van der Waals surface area (Å²) >= 11 is 1.28. The van der Waals surface area contributed by atoms with E-state index in [1.54, 1.807) is 48.1 Å². The summed E-state index contributed by atoms with van der Waals surface area (Å²) in [7, 11) is 0. The highest BCUT2D eigenvalue weighted by molar-refractivity contribution is 7.16.